The monoisotopic (exact) mass is 330 g/mol. The normalized spacial score (nSPS) is 11.0. The van der Waals surface area contributed by atoms with Gasteiger partial charge in [0.2, 0.25) is 0 Å². The molecule has 0 saturated heterocycles. The number of phosphoric acid groups is 1. The summed E-state index contributed by atoms with van der Waals surface area (Å²) >= 11 is 5.03. The molecule has 0 aromatic rings. The van der Waals surface area contributed by atoms with Gasteiger partial charge in [-0.25, -0.2) is 4.57 Å². The maximum absolute atomic E-state index is 8.88. The molecule has 0 aromatic carbocycles. The zero-order valence-corrected chi connectivity index (χ0v) is 13.1. The van der Waals surface area contributed by atoms with Crippen LogP contribution in [0.25, 0.3) is 0 Å². The van der Waals surface area contributed by atoms with Crippen molar-refractivity contribution >= 4 is 7.82 Å². The predicted molar refractivity (Wildman–Crippen MR) is 70.9 cm³/mol. The Bertz CT molecular complexity index is 178. The summed E-state index contributed by atoms with van der Waals surface area (Å²) in [7, 11) is -4.64. The van der Waals surface area contributed by atoms with Crippen LogP contribution in [0.15, 0.2) is 0 Å². The SMILES string of the molecule is CCCCCCCCCCC[CH2][Cu].O=P(O)(O)O. The Morgan fingerprint density at radius 1 is 0.778 bits per heavy atom. The molecule has 0 spiro atoms. The Morgan fingerprint density at radius 3 is 1.33 bits per heavy atom. The minimum atomic E-state index is -4.64. The summed E-state index contributed by atoms with van der Waals surface area (Å²) in [6.07, 6.45) is 14.0. The minimum Gasteiger partial charge on any atom is -0.303 e. The maximum atomic E-state index is 8.88. The fourth-order valence-electron chi connectivity index (χ4n) is 1.56. The maximum Gasteiger partial charge on any atom is 0.466 e. The van der Waals surface area contributed by atoms with Gasteiger partial charge in [-0.3, -0.25) is 0 Å². The second-order valence-corrected chi connectivity index (χ2v) is 5.84. The van der Waals surface area contributed by atoms with Crippen LogP contribution in [0.4, 0.5) is 0 Å². The van der Waals surface area contributed by atoms with E-state index in [4.69, 9.17) is 35.3 Å². The quantitative estimate of drug-likeness (QED) is 0.322. The van der Waals surface area contributed by atoms with E-state index < -0.39 is 7.82 Å². The molecule has 3 N–H and O–H groups in total. The van der Waals surface area contributed by atoms with Gasteiger partial charge in [-0.05, 0) is 0 Å². The van der Waals surface area contributed by atoms with Crippen molar-refractivity contribution in [3.05, 3.63) is 0 Å². The third kappa shape index (κ3) is 36.0. The first-order chi connectivity index (χ1) is 8.41. The Labute approximate surface area is 120 Å². The Morgan fingerprint density at radius 2 is 1.06 bits per heavy atom. The van der Waals surface area contributed by atoms with Crippen LogP contribution in [0.1, 0.15) is 71.1 Å². The summed E-state index contributed by atoms with van der Waals surface area (Å²) in [6, 6.07) is 0. The van der Waals surface area contributed by atoms with Crippen molar-refractivity contribution < 1.29 is 35.3 Å². The van der Waals surface area contributed by atoms with E-state index >= 15 is 0 Å². The van der Waals surface area contributed by atoms with Crippen LogP contribution >= 0.6 is 7.82 Å². The van der Waals surface area contributed by atoms with Gasteiger partial charge in [0.05, 0.1) is 0 Å². The van der Waals surface area contributed by atoms with Crippen LogP contribution in [0, 0.1) is 0 Å². The molecule has 0 heterocycles. The van der Waals surface area contributed by atoms with E-state index in [0.717, 1.165) is 5.32 Å². The van der Waals surface area contributed by atoms with Crippen LogP contribution < -0.4 is 0 Å². The van der Waals surface area contributed by atoms with Crippen molar-refractivity contribution in [3.8, 4) is 0 Å². The Hall–Kier alpha value is 0.629. The molecule has 0 rings (SSSR count). The van der Waals surface area contributed by atoms with E-state index in [1.54, 1.807) is 0 Å². The smallest absolute Gasteiger partial charge is 0.303 e. The molecule has 116 valence electrons. The molecule has 0 atom stereocenters. The van der Waals surface area contributed by atoms with Crippen molar-refractivity contribution in [2.24, 2.45) is 0 Å². The van der Waals surface area contributed by atoms with Crippen LogP contribution in [-0.2, 0) is 20.6 Å². The van der Waals surface area contributed by atoms with Crippen molar-refractivity contribution in [1.29, 1.82) is 0 Å². The summed E-state index contributed by atoms with van der Waals surface area (Å²) in [5.41, 5.74) is 0. The van der Waals surface area contributed by atoms with E-state index in [1.807, 2.05) is 0 Å². The van der Waals surface area contributed by atoms with Gasteiger partial charge in [0.25, 0.3) is 0 Å². The minimum absolute atomic E-state index is 0.934. The zero-order chi connectivity index (χ0) is 14.3. The first-order valence-corrected chi connectivity index (χ1v) is 8.93. The third-order valence-electron chi connectivity index (χ3n) is 2.46. The molecular formula is C12H28CuO4P. The van der Waals surface area contributed by atoms with E-state index in [9.17, 15) is 0 Å². The first-order valence-electron chi connectivity index (χ1n) is 6.70. The predicted octanol–water partition coefficient (Wildman–Crippen LogP) is 3.94. The number of unbranched alkanes of at least 4 members (excludes halogenated alkanes) is 9. The summed E-state index contributed by atoms with van der Waals surface area (Å²) < 4.78 is 8.88. The molecule has 18 heavy (non-hydrogen) atoms. The van der Waals surface area contributed by atoms with Gasteiger partial charge in [-0.2, -0.15) is 0 Å². The topological polar surface area (TPSA) is 77.8 Å². The largest absolute Gasteiger partial charge is 0.466 e. The molecule has 0 radical (unpaired) electrons. The summed E-state index contributed by atoms with van der Waals surface area (Å²) in [4.78, 5) is 21.6. The van der Waals surface area contributed by atoms with E-state index in [1.165, 1.54) is 64.2 Å². The van der Waals surface area contributed by atoms with Gasteiger partial charge >= 0.3 is 100 Å². The molecule has 0 aliphatic heterocycles. The van der Waals surface area contributed by atoms with E-state index in [-0.39, 0.29) is 0 Å². The molecule has 0 amide bonds. The molecule has 0 aliphatic carbocycles. The van der Waals surface area contributed by atoms with E-state index in [2.05, 4.69) is 6.92 Å². The van der Waals surface area contributed by atoms with E-state index in [0.29, 0.717) is 0 Å². The molecule has 0 aromatic heterocycles. The standard InChI is InChI=1S/C12H25.Cu.H3O4P/c1-3-5-7-9-11-12-10-8-6-4-2;;1-5(2,3)4/h1,3-12H2,2H3;;(H3,1,2,3,4). The molecule has 0 saturated carbocycles. The molecule has 0 bridgehead atoms. The van der Waals surface area contributed by atoms with Crippen molar-refractivity contribution in [2.45, 2.75) is 76.5 Å². The molecule has 6 heteroatoms. The Kier molecular flexibility index (Phi) is 18.2. The number of rotatable bonds is 10. The zero-order valence-electron chi connectivity index (χ0n) is 11.3. The average Bonchev–Trinajstić information content (AvgIpc) is 2.25. The van der Waals surface area contributed by atoms with Gasteiger partial charge in [0, 0.05) is 0 Å². The molecule has 0 fully saturated rings. The van der Waals surface area contributed by atoms with Crippen LogP contribution in [-0.4, -0.2) is 14.7 Å². The summed E-state index contributed by atoms with van der Waals surface area (Å²) in [5.74, 6) is 0. The van der Waals surface area contributed by atoms with Crippen LogP contribution in [0.5, 0.6) is 0 Å². The molecule has 4 nitrogen and oxygen atoms in total. The molecule has 0 aliphatic rings. The van der Waals surface area contributed by atoms with Crippen LogP contribution in [0.3, 0.4) is 0 Å². The second-order valence-electron chi connectivity index (χ2n) is 4.35. The van der Waals surface area contributed by atoms with Gasteiger partial charge < -0.3 is 14.7 Å². The van der Waals surface area contributed by atoms with Crippen molar-refractivity contribution in [2.75, 3.05) is 0 Å². The molecule has 0 unspecified atom stereocenters. The number of hydrogen-bond donors (Lipinski definition) is 3. The van der Waals surface area contributed by atoms with Gasteiger partial charge in [0.15, 0.2) is 0 Å². The first kappa shape index (κ1) is 20.9. The van der Waals surface area contributed by atoms with Crippen LogP contribution in [0.2, 0.25) is 5.32 Å². The molecular weight excluding hydrogens is 303 g/mol. The van der Waals surface area contributed by atoms with Crippen molar-refractivity contribution in [3.63, 3.8) is 0 Å². The van der Waals surface area contributed by atoms with Gasteiger partial charge in [-0.1, -0.05) is 0 Å². The summed E-state index contributed by atoms with van der Waals surface area (Å²) in [5, 5.41) is 0.934. The average molecular weight is 331 g/mol. The van der Waals surface area contributed by atoms with Gasteiger partial charge in [-0.15, -0.1) is 0 Å². The third-order valence-corrected chi connectivity index (χ3v) is 2.79. The summed E-state index contributed by atoms with van der Waals surface area (Å²) in [6.45, 7) is 2.27. The second kappa shape index (κ2) is 15.7. The van der Waals surface area contributed by atoms with Crippen molar-refractivity contribution in [1.82, 2.24) is 0 Å². The van der Waals surface area contributed by atoms with Gasteiger partial charge in [0.1, 0.15) is 0 Å². The fraction of sp³-hybridized carbons (Fsp3) is 1.00. The number of hydrogen-bond acceptors (Lipinski definition) is 1. The fourth-order valence-corrected chi connectivity index (χ4v) is 1.80. The Balaban J connectivity index is 0.